The molecule has 0 saturated heterocycles. The summed E-state index contributed by atoms with van der Waals surface area (Å²) in [6, 6.07) is 17.1. The van der Waals surface area contributed by atoms with E-state index < -0.39 is 5.63 Å². The average Bonchev–Trinajstić information content (AvgIpc) is 3.19. The molecule has 6 heteroatoms. The molecule has 5 nitrogen and oxygen atoms in total. The molecule has 0 aliphatic carbocycles. The first-order valence-corrected chi connectivity index (χ1v) is 10.5. The highest BCUT2D eigenvalue weighted by Gasteiger charge is 2.15. The van der Waals surface area contributed by atoms with Crippen molar-refractivity contribution in [3.05, 3.63) is 82.3 Å². The van der Waals surface area contributed by atoms with Crippen molar-refractivity contribution in [3.63, 3.8) is 0 Å². The Morgan fingerprint density at radius 1 is 1.00 bits per heavy atom. The third kappa shape index (κ3) is 3.35. The topological polar surface area (TPSA) is 65.2 Å². The van der Waals surface area contributed by atoms with Gasteiger partial charge in [-0.1, -0.05) is 38.1 Å². The minimum atomic E-state index is -0.394. The zero-order valence-electron chi connectivity index (χ0n) is 16.5. The molecule has 3 heterocycles. The van der Waals surface area contributed by atoms with Crippen LogP contribution < -0.4 is 10.4 Å². The number of aromatic nitrogens is 2. The molecule has 0 fully saturated rings. The van der Waals surface area contributed by atoms with Crippen LogP contribution in [-0.4, -0.2) is 9.97 Å². The molecule has 0 bridgehead atoms. The van der Waals surface area contributed by atoms with Crippen molar-refractivity contribution >= 4 is 32.5 Å². The lowest BCUT2D eigenvalue weighted by Crippen LogP contribution is -1.95. The molecular formula is C24H18N2O3S. The smallest absolute Gasteiger partial charge is 0.336 e. The monoisotopic (exact) mass is 414 g/mol. The summed E-state index contributed by atoms with van der Waals surface area (Å²) in [7, 11) is 0. The van der Waals surface area contributed by atoms with Gasteiger partial charge in [0, 0.05) is 28.5 Å². The van der Waals surface area contributed by atoms with E-state index in [0.717, 1.165) is 26.7 Å². The second-order valence-corrected chi connectivity index (χ2v) is 8.20. The molecule has 0 saturated carbocycles. The Kier molecular flexibility index (Phi) is 4.56. The van der Waals surface area contributed by atoms with Gasteiger partial charge in [-0.15, -0.1) is 11.3 Å². The maximum atomic E-state index is 11.5. The van der Waals surface area contributed by atoms with Gasteiger partial charge in [-0.3, -0.25) is 0 Å². The van der Waals surface area contributed by atoms with Crippen LogP contribution in [0.4, 0.5) is 0 Å². The molecule has 2 aromatic carbocycles. The lowest BCUT2D eigenvalue weighted by molar-refractivity contribution is 0.467. The van der Waals surface area contributed by atoms with Gasteiger partial charge in [-0.05, 0) is 35.2 Å². The zero-order chi connectivity index (χ0) is 20.7. The van der Waals surface area contributed by atoms with E-state index in [2.05, 4.69) is 53.5 Å². The number of hydrogen-bond acceptors (Lipinski definition) is 6. The van der Waals surface area contributed by atoms with E-state index in [1.807, 2.05) is 12.1 Å². The Hall–Kier alpha value is -3.51. The molecule has 0 unspecified atom stereocenters. The summed E-state index contributed by atoms with van der Waals surface area (Å²) in [4.78, 5) is 21.2. The van der Waals surface area contributed by atoms with Gasteiger partial charge < -0.3 is 9.15 Å². The summed E-state index contributed by atoms with van der Waals surface area (Å²) in [5.74, 6) is 1.50. The molecule has 148 valence electrons. The van der Waals surface area contributed by atoms with E-state index in [-0.39, 0.29) is 0 Å². The van der Waals surface area contributed by atoms with Gasteiger partial charge in [0.25, 0.3) is 0 Å². The standard InChI is InChI=1S/C24H18N2O3S/c1-14(2)15-3-5-16(6-4-15)19-12-30-24-22(19)23(25-13-26-24)28-18-9-7-17-8-10-21(27)29-20(17)11-18/h3-14H,1-2H3. The van der Waals surface area contributed by atoms with E-state index in [1.165, 1.54) is 18.0 Å². The Morgan fingerprint density at radius 3 is 2.60 bits per heavy atom. The first-order valence-electron chi connectivity index (χ1n) is 9.63. The number of ether oxygens (including phenoxy) is 1. The van der Waals surface area contributed by atoms with E-state index >= 15 is 0 Å². The van der Waals surface area contributed by atoms with Crippen LogP contribution in [0.1, 0.15) is 25.3 Å². The average molecular weight is 414 g/mol. The van der Waals surface area contributed by atoms with Gasteiger partial charge in [-0.25, -0.2) is 14.8 Å². The van der Waals surface area contributed by atoms with E-state index in [9.17, 15) is 4.79 Å². The predicted octanol–water partition coefficient (Wildman–Crippen LogP) is 6.38. The number of nitrogens with zero attached hydrogens (tertiary/aromatic N) is 2. The Balaban J connectivity index is 1.58. The highest BCUT2D eigenvalue weighted by molar-refractivity contribution is 7.17. The lowest BCUT2D eigenvalue weighted by Gasteiger charge is -2.09. The normalized spacial score (nSPS) is 11.4. The van der Waals surface area contributed by atoms with Gasteiger partial charge in [0.1, 0.15) is 22.5 Å². The first-order chi connectivity index (χ1) is 14.6. The van der Waals surface area contributed by atoms with Crippen LogP contribution in [0.5, 0.6) is 11.6 Å². The molecule has 0 aliphatic heterocycles. The minimum Gasteiger partial charge on any atom is -0.438 e. The highest BCUT2D eigenvalue weighted by atomic mass is 32.1. The van der Waals surface area contributed by atoms with Crippen molar-refractivity contribution < 1.29 is 9.15 Å². The van der Waals surface area contributed by atoms with E-state index in [4.69, 9.17) is 9.15 Å². The van der Waals surface area contributed by atoms with E-state index in [0.29, 0.717) is 23.1 Å². The van der Waals surface area contributed by atoms with Crippen LogP contribution in [0, 0.1) is 0 Å². The molecule has 0 N–H and O–H groups in total. The zero-order valence-corrected chi connectivity index (χ0v) is 17.3. The van der Waals surface area contributed by atoms with Crippen LogP contribution >= 0.6 is 11.3 Å². The number of hydrogen-bond donors (Lipinski definition) is 0. The molecular weight excluding hydrogens is 396 g/mol. The summed E-state index contributed by atoms with van der Waals surface area (Å²) >= 11 is 1.56. The van der Waals surface area contributed by atoms with Gasteiger partial charge in [0.15, 0.2) is 0 Å². The fourth-order valence-electron chi connectivity index (χ4n) is 3.40. The van der Waals surface area contributed by atoms with Crippen molar-refractivity contribution in [2.24, 2.45) is 0 Å². The van der Waals surface area contributed by atoms with Gasteiger partial charge in [0.05, 0.1) is 5.39 Å². The number of benzene rings is 2. The Morgan fingerprint density at radius 2 is 1.80 bits per heavy atom. The molecule has 0 spiro atoms. The molecule has 3 aromatic heterocycles. The quantitative estimate of drug-likeness (QED) is 0.319. The van der Waals surface area contributed by atoms with Gasteiger partial charge in [0.2, 0.25) is 5.88 Å². The number of thiophene rings is 1. The van der Waals surface area contributed by atoms with Crippen molar-refractivity contribution in [2.45, 2.75) is 19.8 Å². The molecule has 5 rings (SSSR count). The summed E-state index contributed by atoms with van der Waals surface area (Å²) in [5.41, 5.74) is 3.50. The SMILES string of the molecule is CC(C)c1ccc(-c2csc3ncnc(Oc4ccc5ccc(=O)oc5c4)c23)cc1. The van der Waals surface area contributed by atoms with Gasteiger partial charge in [-0.2, -0.15) is 0 Å². The van der Waals surface area contributed by atoms with Crippen LogP contribution in [-0.2, 0) is 0 Å². The van der Waals surface area contributed by atoms with Crippen LogP contribution in [0.2, 0.25) is 0 Å². The summed E-state index contributed by atoms with van der Waals surface area (Å²) in [6.07, 6.45) is 1.50. The fraction of sp³-hybridized carbons (Fsp3) is 0.125. The van der Waals surface area contributed by atoms with Crippen molar-refractivity contribution in [1.82, 2.24) is 9.97 Å². The third-order valence-corrected chi connectivity index (χ3v) is 5.92. The van der Waals surface area contributed by atoms with Crippen molar-refractivity contribution in [3.8, 4) is 22.8 Å². The van der Waals surface area contributed by atoms with E-state index in [1.54, 1.807) is 23.5 Å². The van der Waals surface area contributed by atoms with Crippen molar-refractivity contribution in [2.75, 3.05) is 0 Å². The summed E-state index contributed by atoms with van der Waals surface area (Å²) < 4.78 is 11.4. The maximum absolute atomic E-state index is 11.5. The van der Waals surface area contributed by atoms with Crippen LogP contribution in [0.3, 0.4) is 0 Å². The Labute approximate surface area is 176 Å². The summed E-state index contributed by atoms with van der Waals surface area (Å²) in [6.45, 7) is 4.36. The number of fused-ring (bicyclic) bond motifs is 2. The third-order valence-electron chi connectivity index (χ3n) is 5.03. The molecule has 0 radical (unpaired) electrons. The molecule has 0 aliphatic rings. The first kappa shape index (κ1) is 18.5. The second-order valence-electron chi connectivity index (χ2n) is 7.34. The van der Waals surface area contributed by atoms with Crippen LogP contribution in [0.25, 0.3) is 32.3 Å². The number of rotatable bonds is 4. The fourth-order valence-corrected chi connectivity index (χ4v) is 4.31. The van der Waals surface area contributed by atoms with Crippen molar-refractivity contribution in [1.29, 1.82) is 0 Å². The predicted molar refractivity (Wildman–Crippen MR) is 119 cm³/mol. The molecule has 5 aromatic rings. The maximum Gasteiger partial charge on any atom is 0.336 e. The van der Waals surface area contributed by atoms with Gasteiger partial charge >= 0.3 is 5.63 Å². The molecule has 30 heavy (non-hydrogen) atoms. The molecule has 0 amide bonds. The minimum absolute atomic E-state index is 0.394. The lowest BCUT2D eigenvalue weighted by atomic mass is 9.99. The molecule has 0 atom stereocenters. The Bertz CT molecular complexity index is 1420. The van der Waals surface area contributed by atoms with Crippen LogP contribution in [0.15, 0.2) is 75.5 Å². The highest BCUT2D eigenvalue weighted by Crippen LogP contribution is 2.39. The second kappa shape index (κ2) is 7.39. The largest absolute Gasteiger partial charge is 0.438 e. The summed E-state index contributed by atoms with van der Waals surface area (Å²) in [5, 5.41) is 3.78.